The molecule has 0 bridgehead atoms. The van der Waals surface area contributed by atoms with Crippen LogP contribution in [0.5, 0.6) is 11.5 Å². The summed E-state index contributed by atoms with van der Waals surface area (Å²) in [4.78, 5) is 12.3. The van der Waals surface area contributed by atoms with E-state index in [1.807, 2.05) is 0 Å². The van der Waals surface area contributed by atoms with Crippen molar-refractivity contribution < 1.29 is 35.9 Å². The van der Waals surface area contributed by atoms with Gasteiger partial charge in [-0.1, -0.05) is 0 Å². The minimum atomic E-state index is -3.80. The van der Waals surface area contributed by atoms with Crippen molar-refractivity contribution in [2.75, 3.05) is 5.32 Å². The molecule has 0 saturated heterocycles. The molecule has 0 fully saturated rings. The maximum atomic E-state index is 13.1. The maximum Gasteiger partial charge on any atom is 0.586 e. The quantitative estimate of drug-likeness (QED) is 0.614. The Hall–Kier alpha value is -3.44. The molecule has 1 aliphatic rings. The number of furan rings is 1. The van der Waals surface area contributed by atoms with Gasteiger partial charge in [0.2, 0.25) is 10.0 Å². The predicted octanol–water partition coefficient (Wildman–Crippen LogP) is 3.33. The second-order valence-corrected chi connectivity index (χ2v) is 7.98. The largest absolute Gasteiger partial charge is 0.586 e. The molecule has 11 heteroatoms. The topological polar surface area (TPSA) is 107 Å². The number of halogens is 2. The second kappa shape index (κ2) is 7.43. The molecule has 8 nitrogen and oxygen atoms in total. The van der Waals surface area contributed by atoms with E-state index in [1.165, 1.54) is 48.7 Å². The SMILES string of the molecule is O=C(Nc1ccc2c(c1)OC(F)(F)O2)c1ccc(S(=O)(=O)NCc2ccco2)cc1. The normalized spacial score (nSPS) is 14.5. The van der Waals surface area contributed by atoms with Gasteiger partial charge in [-0.3, -0.25) is 4.79 Å². The van der Waals surface area contributed by atoms with Crippen molar-refractivity contribution in [3.8, 4) is 11.5 Å². The Labute approximate surface area is 169 Å². The molecule has 0 unspecified atom stereocenters. The molecule has 1 aromatic heterocycles. The Morgan fingerprint density at radius 2 is 1.73 bits per heavy atom. The molecule has 1 aliphatic heterocycles. The van der Waals surface area contributed by atoms with E-state index in [-0.39, 0.29) is 34.2 Å². The van der Waals surface area contributed by atoms with Crippen LogP contribution >= 0.6 is 0 Å². The zero-order valence-corrected chi connectivity index (χ0v) is 15.9. The number of sulfonamides is 1. The number of carbonyl (C=O) groups is 1. The minimum Gasteiger partial charge on any atom is -0.468 e. The van der Waals surface area contributed by atoms with Crippen molar-refractivity contribution in [3.05, 3.63) is 72.2 Å². The van der Waals surface area contributed by atoms with Gasteiger partial charge in [0.15, 0.2) is 11.5 Å². The Balaban J connectivity index is 1.42. The summed E-state index contributed by atoms with van der Waals surface area (Å²) in [5, 5.41) is 2.52. The molecule has 0 atom stereocenters. The third-order valence-corrected chi connectivity index (χ3v) is 5.52. The molecule has 1 amide bonds. The molecule has 2 N–H and O–H groups in total. The number of carbonyl (C=O) groups excluding carboxylic acids is 1. The van der Waals surface area contributed by atoms with Crippen molar-refractivity contribution in [2.24, 2.45) is 0 Å². The van der Waals surface area contributed by atoms with Crippen molar-refractivity contribution in [1.29, 1.82) is 0 Å². The fourth-order valence-electron chi connectivity index (χ4n) is 2.68. The molecule has 0 spiro atoms. The third kappa shape index (κ3) is 4.26. The average molecular weight is 436 g/mol. The first kappa shape index (κ1) is 19.9. The molecule has 30 heavy (non-hydrogen) atoms. The molecular formula is C19H14F2N2O6S. The predicted molar refractivity (Wildman–Crippen MR) is 99.8 cm³/mol. The zero-order chi connectivity index (χ0) is 21.4. The summed E-state index contributed by atoms with van der Waals surface area (Å²) in [6.07, 6.45) is -2.32. The number of hydrogen-bond donors (Lipinski definition) is 2. The van der Waals surface area contributed by atoms with Crippen LogP contribution in [0.3, 0.4) is 0 Å². The first-order valence-electron chi connectivity index (χ1n) is 8.55. The zero-order valence-electron chi connectivity index (χ0n) is 15.1. The van der Waals surface area contributed by atoms with Gasteiger partial charge >= 0.3 is 6.29 Å². The van der Waals surface area contributed by atoms with Gasteiger partial charge in [-0.2, -0.15) is 0 Å². The number of hydrogen-bond acceptors (Lipinski definition) is 6. The van der Waals surface area contributed by atoms with Gasteiger partial charge in [0.1, 0.15) is 5.76 Å². The molecule has 4 rings (SSSR count). The van der Waals surface area contributed by atoms with Crippen molar-refractivity contribution in [1.82, 2.24) is 4.72 Å². The van der Waals surface area contributed by atoms with Crippen LogP contribution in [0.25, 0.3) is 0 Å². The Bertz CT molecular complexity index is 1180. The molecule has 0 saturated carbocycles. The lowest BCUT2D eigenvalue weighted by Gasteiger charge is -2.08. The standard InChI is InChI=1S/C19H14F2N2O6S/c20-19(21)28-16-8-5-13(10-17(16)29-19)23-18(24)12-3-6-15(7-4-12)30(25,26)22-11-14-2-1-9-27-14/h1-10,22H,11H2,(H,23,24). The van der Waals surface area contributed by atoms with Gasteiger partial charge < -0.3 is 19.2 Å². The van der Waals surface area contributed by atoms with Crippen LogP contribution in [-0.4, -0.2) is 20.6 Å². The van der Waals surface area contributed by atoms with Crippen LogP contribution in [-0.2, 0) is 16.6 Å². The van der Waals surface area contributed by atoms with Gasteiger partial charge in [-0.15, -0.1) is 8.78 Å². The average Bonchev–Trinajstić information content (AvgIpc) is 3.32. The van der Waals surface area contributed by atoms with E-state index in [2.05, 4.69) is 19.5 Å². The summed E-state index contributed by atoms with van der Waals surface area (Å²) in [6.45, 7) is -0.0132. The highest BCUT2D eigenvalue weighted by molar-refractivity contribution is 7.89. The monoisotopic (exact) mass is 436 g/mol. The van der Waals surface area contributed by atoms with Crippen LogP contribution < -0.4 is 19.5 Å². The van der Waals surface area contributed by atoms with E-state index < -0.39 is 22.2 Å². The van der Waals surface area contributed by atoms with Crippen LogP contribution in [0.4, 0.5) is 14.5 Å². The third-order valence-electron chi connectivity index (χ3n) is 4.10. The Morgan fingerprint density at radius 1 is 1.00 bits per heavy atom. The summed E-state index contributed by atoms with van der Waals surface area (Å²) >= 11 is 0. The fraction of sp³-hybridized carbons (Fsp3) is 0.105. The van der Waals surface area contributed by atoms with Gasteiger partial charge in [0.05, 0.1) is 17.7 Å². The van der Waals surface area contributed by atoms with Gasteiger partial charge in [0, 0.05) is 17.3 Å². The molecule has 0 radical (unpaired) electrons. The molecule has 3 aromatic rings. The number of benzene rings is 2. The van der Waals surface area contributed by atoms with Crippen LogP contribution in [0, 0.1) is 0 Å². The van der Waals surface area contributed by atoms with E-state index in [0.29, 0.717) is 5.76 Å². The maximum absolute atomic E-state index is 13.1. The van der Waals surface area contributed by atoms with Crippen molar-refractivity contribution in [2.45, 2.75) is 17.7 Å². The summed E-state index contributed by atoms with van der Waals surface area (Å²) in [5.41, 5.74) is 0.375. The number of alkyl halides is 2. The van der Waals surface area contributed by atoms with Crippen LogP contribution in [0.2, 0.25) is 0 Å². The van der Waals surface area contributed by atoms with Gasteiger partial charge in [-0.25, -0.2) is 13.1 Å². The van der Waals surface area contributed by atoms with Crippen LogP contribution in [0.15, 0.2) is 70.2 Å². The van der Waals surface area contributed by atoms with Crippen molar-refractivity contribution in [3.63, 3.8) is 0 Å². The first-order valence-corrected chi connectivity index (χ1v) is 10.0. The van der Waals surface area contributed by atoms with E-state index in [0.717, 1.165) is 0 Å². The Morgan fingerprint density at radius 3 is 2.43 bits per heavy atom. The molecule has 156 valence electrons. The summed E-state index contributed by atoms with van der Waals surface area (Å²) in [7, 11) is -3.80. The van der Waals surface area contributed by atoms with Crippen LogP contribution in [0.1, 0.15) is 16.1 Å². The minimum absolute atomic E-state index is 0.0132. The van der Waals surface area contributed by atoms with E-state index in [9.17, 15) is 22.0 Å². The number of anilines is 1. The lowest BCUT2D eigenvalue weighted by molar-refractivity contribution is -0.286. The molecular weight excluding hydrogens is 422 g/mol. The second-order valence-electron chi connectivity index (χ2n) is 6.21. The smallest absolute Gasteiger partial charge is 0.468 e. The number of fused-ring (bicyclic) bond motifs is 1. The van der Waals surface area contributed by atoms with E-state index >= 15 is 0 Å². The lowest BCUT2D eigenvalue weighted by atomic mass is 10.2. The molecule has 0 aliphatic carbocycles. The summed E-state index contributed by atoms with van der Waals surface area (Å²) in [5.74, 6) is -0.458. The molecule has 2 heterocycles. The highest BCUT2D eigenvalue weighted by atomic mass is 32.2. The number of ether oxygens (including phenoxy) is 2. The first-order chi connectivity index (χ1) is 14.2. The van der Waals surface area contributed by atoms with E-state index in [1.54, 1.807) is 12.1 Å². The fourth-order valence-corrected chi connectivity index (χ4v) is 3.67. The number of rotatable bonds is 6. The van der Waals surface area contributed by atoms with Crippen molar-refractivity contribution >= 4 is 21.6 Å². The number of amides is 1. The highest BCUT2D eigenvalue weighted by Crippen LogP contribution is 2.42. The summed E-state index contributed by atoms with van der Waals surface area (Å²) in [6, 6.07) is 12.3. The Kier molecular flexibility index (Phi) is 4.92. The summed E-state index contributed by atoms with van der Waals surface area (Å²) < 4.78 is 66.9. The molecule has 2 aromatic carbocycles. The van der Waals surface area contributed by atoms with E-state index in [4.69, 9.17) is 4.42 Å². The van der Waals surface area contributed by atoms with Gasteiger partial charge in [0.25, 0.3) is 5.91 Å². The highest BCUT2D eigenvalue weighted by Gasteiger charge is 2.43. The van der Waals surface area contributed by atoms with Gasteiger partial charge in [-0.05, 0) is 48.5 Å². The number of nitrogens with one attached hydrogen (secondary N) is 2. The lowest BCUT2D eigenvalue weighted by Crippen LogP contribution is -2.25.